The van der Waals surface area contributed by atoms with Gasteiger partial charge in [0.05, 0.1) is 0 Å². The van der Waals surface area contributed by atoms with Crippen molar-refractivity contribution < 1.29 is 9.59 Å². The smallest absolute Gasteiger partial charge is 0.324 e. The van der Waals surface area contributed by atoms with Crippen molar-refractivity contribution >= 4 is 11.9 Å². The van der Waals surface area contributed by atoms with Gasteiger partial charge in [0, 0.05) is 12.5 Å². The van der Waals surface area contributed by atoms with Crippen LogP contribution in [0.15, 0.2) is 30.3 Å². The highest BCUT2D eigenvalue weighted by Crippen LogP contribution is 2.43. The third-order valence-corrected chi connectivity index (χ3v) is 5.07. The molecule has 1 unspecified atom stereocenters. The number of imide groups is 1. The normalized spacial score (nSPS) is 24.3. The molecule has 1 saturated heterocycles. The van der Waals surface area contributed by atoms with Gasteiger partial charge in [-0.15, -0.1) is 0 Å². The summed E-state index contributed by atoms with van der Waals surface area (Å²) in [5, 5.41) is 2.86. The summed E-state index contributed by atoms with van der Waals surface area (Å²) in [6.07, 6.45) is 3.27. The van der Waals surface area contributed by atoms with Crippen molar-refractivity contribution in [2.45, 2.75) is 45.1 Å². The van der Waals surface area contributed by atoms with Gasteiger partial charge in [-0.05, 0) is 30.2 Å². The molecular formula is C18H24N2O2. The number of hydrogen-bond acceptors (Lipinski definition) is 2. The van der Waals surface area contributed by atoms with Gasteiger partial charge >= 0.3 is 6.03 Å². The minimum atomic E-state index is -0.354. The number of benzene rings is 1. The lowest BCUT2D eigenvalue weighted by atomic mass is 9.93. The van der Waals surface area contributed by atoms with E-state index in [-0.39, 0.29) is 29.8 Å². The third kappa shape index (κ3) is 2.87. The topological polar surface area (TPSA) is 49.4 Å². The maximum atomic E-state index is 12.6. The second-order valence-electron chi connectivity index (χ2n) is 6.62. The monoisotopic (exact) mass is 300 g/mol. The summed E-state index contributed by atoms with van der Waals surface area (Å²) < 4.78 is 0. The number of carbonyl (C=O) groups excluding carboxylic acids is 2. The molecule has 1 aromatic carbocycles. The van der Waals surface area contributed by atoms with E-state index in [0.29, 0.717) is 12.5 Å². The molecule has 0 aromatic heterocycles. The Morgan fingerprint density at radius 2 is 1.91 bits per heavy atom. The summed E-state index contributed by atoms with van der Waals surface area (Å²) in [7, 11) is 0. The number of hydrogen-bond donors (Lipinski definition) is 1. The predicted octanol–water partition coefficient (Wildman–Crippen LogP) is 3.15. The summed E-state index contributed by atoms with van der Waals surface area (Å²) in [6, 6.07) is 9.68. The Hall–Kier alpha value is -1.84. The Morgan fingerprint density at radius 3 is 2.50 bits per heavy atom. The number of nitrogens with zero attached hydrogens (tertiary/aromatic N) is 1. The summed E-state index contributed by atoms with van der Waals surface area (Å²) >= 11 is 0. The molecule has 22 heavy (non-hydrogen) atoms. The van der Waals surface area contributed by atoms with Crippen LogP contribution >= 0.6 is 0 Å². The van der Waals surface area contributed by atoms with E-state index in [1.54, 1.807) is 0 Å². The van der Waals surface area contributed by atoms with Crippen molar-refractivity contribution in [3.05, 3.63) is 35.9 Å². The van der Waals surface area contributed by atoms with Crippen LogP contribution in [0.25, 0.3) is 0 Å². The highest BCUT2D eigenvalue weighted by molar-refractivity contribution is 6.04. The van der Waals surface area contributed by atoms with Crippen LogP contribution in [0.1, 0.15) is 44.6 Å². The van der Waals surface area contributed by atoms with Crippen LogP contribution in [-0.2, 0) is 4.79 Å². The SMILES string of the molecule is CC[C@H](C)[C@@H]1NC(=O)N(CC(c2ccccc2)C2CC2)C1=O. The first-order chi connectivity index (χ1) is 10.6. The van der Waals surface area contributed by atoms with Crippen LogP contribution in [0.2, 0.25) is 0 Å². The van der Waals surface area contributed by atoms with E-state index in [0.717, 1.165) is 6.42 Å². The molecule has 1 aromatic rings. The molecule has 1 aliphatic carbocycles. The van der Waals surface area contributed by atoms with E-state index in [2.05, 4.69) is 17.4 Å². The summed E-state index contributed by atoms with van der Waals surface area (Å²) in [5.74, 6) is 0.996. The minimum Gasteiger partial charge on any atom is -0.326 e. The lowest BCUT2D eigenvalue weighted by molar-refractivity contribution is -0.128. The van der Waals surface area contributed by atoms with Crippen LogP contribution in [0.3, 0.4) is 0 Å². The molecule has 1 N–H and O–H groups in total. The number of urea groups is 1. The van der Waals surface area contributed by atoms with Gasteiger partial charge in [-0.3, -0.25) is 9.69 Å². The van der Waals surface area contributed by atoms with Gasteiger partial charge in [0.1, 0.15) is 6.04 Å². The number of rotatable bonds is 6. The Bertz CT molecular complexity index is 553. The number of amides is 3. The first kappa shape index (κ1) is 15.1. The van der Waals surface area contributed by atoms with Crippen molar-refractivity contribution in [1.82, 2.24) is 10.2 Å². The second-order valence-corrected chi connectivity index (χ2v) is 6.62. The fourth-order valence-corrected chi connectivity index (χ4v) is 3.26. The molecule has 2 aliphatic rings. The zero-order chi connectivity index (χ0) is 15.7. The van der Waals surface area contributed by atoms with Gasteiger partial charge < -0.3 is 5.32 Å². The van der Waals surface area contributed by atoms with E-state index in [9.17, 15) is 9.59 Å². The highest BCUT2D eigenvalue weighted by atomic mass is 16.2. The molecule has 118 valence electrons. The maximum absolute atomic E-state index is 12.6. The third-order valence-electron chi connectivity index (χ3n) is 5.07. The van der Waals surface area contributed by atoms with Gasteiger partial charge in [-0.2, -0.15) is 0 Å². The van der Waals surface area contributed by atoms with Gasteiger partial charge in [-0.25, -0.2) is 4.79 Å². The molecule has 3 rings (SSSR count). The predicted molar refractivity (Wildman–Crippen MR) is 85.4 cm³/mol. The zero-order valence-electron chi connectivity index (χ0n) is 13.3. The van der Waals surface area contributed by atoms with Crippen LogP contribution < -0.4 is 5.32 Å². The van der Waals surface area contributed by atoms with E-state index >= 15 is 0 Å². The maximum Gasteiger partial charge on any atom is 0.324 e. The summed E-state index contributed by atoms with van der Waals surface area (Å²) in [6.45, 7) is 4.57. The highest BCUT2D eigenvalue weighted by Gasteiger charge is 2.43. The van der Waals surface area contributed by atoms with E-state index < -0.39 is 0 Å². The van der Waals surface area contributed by atoms with Crippen molar-refractivity contribution in [3.8, 4) is 0 Å². The van der Waals surface area contributed by atoms with Gasteiger partial charge in [-0.1, -0.05) is 50.6 Å². The molecular weight excluding hydrogens is 276 g/mol. The second kappa shape index (κ2) is 6.11. The van der Waals surface area contributed by atoms with Crippen LogP contribution in [-0.4, -0.2) is 29.4 Å². The van der Waals surface area contributed by atoms with E-state index in [4.69, 9.17) is 0 Å². The molecule has 4 heteroatoms. The largest absolute Gasteiger partial charge is 0.326 e. The summed E-state index contributed by atoms with van der Waals surface area (Å²) in [5.41, 5.74) is 1.23. The molecule has 1 saturated carbocycles. The van der Waals surface area contributed by atoms with Crippen LogP contribution in [0.4, 0.5) is 4.79 Å². The standard InChI is InChI=1S/C18H24N2O2/c1-3-12(2)16-17(21)20(18(22)19-16)11-15(14-9-10-14)13-7-5-4-6-8-13/h4-8,12,14-16H,3,9-11H2,1-2H3,(H,19,22)/t12-,15?,16-/m0/s1. The fraction of sp³-hybridized carbons (Fsp3) is 0.556. The molecule has 3 amide bonds. The lowest BCUT2D eigenvalue weighted by Crippen LogP contribution is -2.37. The van der Waals surface area contributed by atoms with Crippen molar-refractivity contribution in [1.29, 1.82) is 0 Å². The Morgan fingerprint density at radius 1 is 1.23 bits per heavy atom. The Labute approximate surface area is 131 Å². The van der Waals surface area contributed by atoms with Gasteiger partial charge in [0.15, 0.2) is 0 Å². The quantitative estimate of drug-likeness (QED) is 0.820. The summed E-state index contributed by atoms with van der Waals surface area (Å²) in [4.78, 5) is 26.2. The first-order valence-corrected chi connectivity index (χ1v) is 8.28. The molecule has 1 aliphatic heterocycles. The van der Waals surface area contributed by atoms with Crippen LogP contribution in [0.5, 0.6) is 0 Å². The molecule has 0 spiro atoms. The van der Waals surface area contributed by atoms with E-state index in [1.165, 1.54) is 23.3 Å². The molecule has 0 radical (unpaired) electrons. The first-order valence-electron chi connectivity index (χ1n) is 8.28. The molecule has 4 nitrogen and oxygen atoms in total. The Balaban J connectivity index is 1.76. The fourth-order valence-electron chi connectivity index (χ4n) is 3.26. The average Bonchev–Trinajstić information content (AvgIpc) is 3.33. The van der Waals surface area contributed by atoms with Crippen molar-refractivity contribution in [2.24, 2.45) is 11.8 Å². The van der Waals surface area contributed by atoms with Crippen LogP contribution in [0, 0.1) is 11.8 Å². The van der Waals surface area contributed by atoms with Crippen molar-refractivity contribution in [3.63, 3.8) is 0 Å². The molecule has 0 bridgehead atoms. The number of nitrogens with one attached hydrogen (secondary N) is 1. The Kier molecular flexibility index (Phi) is 4.19. The van der Waals surface area contributed by atoms with E-state index in [1.807, 2.05) is 32.0 Å². The van der Waals surface area contributed by atoms with Crippen molar-refractivity contribution in [2.75, 3.05) is 6.54 Å². The molecule has 2 fully saturated rings. The molecule has 3 atom stereocenters. The van der Waals surface area contributed by atoms with Gasteiger partial charge in [0.2, 0.25) is 0 Å². The number of carbonyl (C=O) groups is 2. The zero-order valence-corrected chi connectivity index (χ0v) is 13.3. The minimum absolute atomic E-state index is 0.0547. The van der Waals surface area contributed by atoms with Gasteiger partial charge in [0.25, 0.3) is 5.91 Å². The lowest BCUT2D eigenvalue weighted by Gasteiger charge is -2.22. The molecule has 1 heterocycles. The average molecular weight is 300 g/mol.